The van der Waals surface area contributed by atoms with Crippen molar-refractivity contribution in [1.29, 1.82) is 0 Å². The zero-order valence-corrected chi connectivity index (χ0v) is 9.65. The van der Waals surface area contributed by atoms with Gasteiger partial charge >= 0.3 is 0 Å². The summed E-state index contributed by atoms with van der Waals surface area (Å²) in [6.45, 7) is 0.0690. The highest BCUT2D eigenvalue weighted by Crippen LogP contribution is 2.18. The molecular formula is C12H11F2N3O. The van der Waals surface area contributed by atoms with E-state index >= 15 is 0 Å². The minimum atomic E-state index is -0.741. The smallest absolute Gasteiger partial charge is 0.167 e. The van der Waals surface area contributed by atoms with Gasteiger partial charge in [-0.3, -0.25) is 4.98 Å². The van der Waals surface area contributed by atoms with Gasteiger partial charge in [0.15, 0.2) is 11.6 Å². The fraction of sp³-hybridized carbons (Fsp3) is 0.167. The molecule has 2 rings (SSSR count). The number of hydrogen-bond donors (Lipinski definition) is 1. The summed E-state index contributed by atoms with van der Waals surface area (Å²) in [5.41, 5.74) is 0.553. The van der Waals surface area contributed by atoms with E-state index in [1.54, 1.807) is 13.2 Å². The first kappa shape index (κ1) is 12.2. The van der Waals surface area contributed by atoms with Crippen LogP contribution in [0.15, 0.2) is 30.6 Å². The van der Waals surface area contributed by atoms with E-state index in [0.717, 1.165) is 12.1 Å². The van der Waals surface area contributed by atoms with Gasteiger partial charge in [0.25, 0.3) is 0 Å². The van der Waals surface area contributed by atoms with Gasteiger partial charge in [0.2, 0.25) is 0 Å². The first-order valence-electron chi connectivity index (χ1n) is 5.25. The third kappa shape index (κ3) is 2.91. The lowest BCUT2D eigenvalue weighted by atomic mass is 10.3. The molecule has 1 aromatic heterocycles. The van der Waals surface area contributed by atoms with Crippen molar-refractivity contribution >= 4 is 5.82 Å². The number of benzene rings is 1. The lowest BCUT2D eigenvalue weighted by Crippen LogP contribution is -2.02. The largest absolute Gasteiger partial charge is 0.484 e. The van der Waals surface area contributed by atoms with Crippen LogP contribution in [0.25, 0.3) is 0 Å². The second kappa shape index (κ2) is 5.39. The molecule has 0 spiro atoms. The van der Waals surface area contributed by atoms with Gasteiger partial charge in [-0.2, -0.15) is 0 Å². The van der Waals surface area contributed by atoms with E-state index in [2.05, 4.69) is 15.3 Å². The number of ether oxygens (including phenoxy) is 1. The summed E-state index contributed by atoms with van der Waals surface area (Å²) < 4.78 is 31.1. The topological polar surface area (TPSA) is 47.0 Å². The SMILES string of the molecule is CNc1cnc(COc2ccc(F)cc2F)cn1. The number of rotatable bonds is 4. The van der Waals surface area contributed by atoms with Crippen LogP contribution in [-0.4, -0.2) is 17.0 Å². The second-order valence-corrected chi connectivity index (χ2v) is 3.51. The number of nitrogens with zero attached hydrogens (tertiary/aromatic N) is 2. The highest BCUT2D eigenvalue weighted by atomic mass is 19.1. The Bertz CT molecular complexity index is 531. The molecule has 0 aliphatic heterocycles. The maximum absolute atomic E-state index is 13.3. The van der Waals surface area contributed by atoms with Crippen LogP contribution in [0, 0.1) is 11.6 Å². The normalized spacial score (nSPS) is 10.2. The van der Waals surface area contributed by atoms with Crippen LogP contribution in [0.1, 0.15) is 5.69 Å². The zero-order chi connectivity index (χ0) is 13.0. The average molecular weight is 251 g/mol. The maximum Gasteiger partial charge on any atom is 0.167 e. The zero-order valence-electron chi connectivity index (χ0n) is 9.65. The van der Waals surface area contributed by atoms with Gasteiger partial charge in [-0.15, -0.1) is 0 Å². The maximum atomic E-state index is 13.3. The van der Waals surface area contributed by atoms with Gasteiger partial charge in [-0.25, -0.2) is 13.8 Å². The van der Waals surface area contributed by atoms with Gasteiger partial charge < -0.3 is 10.1 Å². The molecule has 1 N–H and O–H groups in total. The average Bonchev–Trinajstić information content (AvgIpc) is 2.38. The molecule has 0 radical (unpaired) electrons. The van der Waals surface area contributed by atoms with Crippen molar-refractivity contribution in [2.45, 2.75) is 6.61 Å². The Labute approximate surface area is 103 Å². The quantitative estimate of drug-likeness (QED) is 0.906. The summed E-state index contributed by atoms with van der Waals surface area (Å²) >= 11 is 0. The van der Waals surface area contributed by atoms with Crippen LogP contribution >= 0.6 is 0 Å². The molecule has 0 bridgehead atoms. The fourth-order valence-corrected chi connectivity index (χ4v) is 1.30. The van der Waals surface area contributed by atoms with Crippen LogP contribution in [0.3, 0.4) is 0 Å². The van der Waals surface area contributed by atoms with Crippen molar-refractivity contribution in [2.24, 2.45) is 0 Å². The predicted octanol–water partition coefficient (Wildman–Crippen LogP) is 2.38. The van der Waals surface area contributed by atoms with Crippen molar-refractivity contribution in [1.82, 2.24) is 9.97 Å². The molecule has 1 heterocycles. The van der Waals surface area contributed by atoms with Crippen LogP contribution in [0.5, 0.6) is 5.75 Å². The van der Waals surface area contributed by atoms with Crippen molar-refractivity contribution in [3.05, 3.63) is 47.9 Å². The van der Waals surface area contributed by atoms with Crippen LogP contribution in [0.4, 0.5) is 14.6 Å². The molecule has 1 aromatic carbocycles. The van der Waals surface area contributed by atoms with Gasteiger partial charge in [0.1, 0.15) is 18.2 Å². The Morgan fingerprint density at radius 2 is 2.06 bits per heavy atom. The summed E-state index contributed by atoms with van der Waals surface area (Å²) in [5.74, 6) is -0.768. The summed E-state index contributed by atoms with van der Waals surface area (Å²) in [7, 11) is 1.73. The fourth-order valence-electron chi connectivity index (χ4n) is 1.30. The predicted molar refractivity (Wildman–Crippen MR) is 62.3 cm³/mol. The van der Waals surface area contributed by atoms with E-state index in [1.165, 1.54) is 12.3 Å². The van der Waals surface area contributed by atoms with Gasteiger partial charge in [0, 0.05) is 13.1 Å². The summed E-state index contributed by atoms with van der Waals surface area (Å²) in [6, 6.07) is 3.14. The molecule has 0 saturated carbocycles. The number of nitrogens with one attached hydrogen (secondary N) is 1. The van der Waals surface area contributed by atoms with Crippen molar-refractivity contribution in [3.8, 4) is 5.75 Å². The molecule has 0 amide bonds. The lowest BCUT2D eigenvalue weighted by Gasteiger charge is -2.06. The lowest BCUT2D eigenvalue weighted by molar-refractivity contribution is 0.284. The molecule has 0 unspecified atom stereocenters. The molecule has 4 nitrogen and oxygen atoms in total. The van der Waals surface area contributed by atoms with E-state index in [1.807, 2.05) is 0 Å². The molecule has 2 aromatic rings. The molecule has 0 aliphatic rings. The highest BCUT2D eigenvalue weighted by molar-refractivity contribution is 5.29. The van der Waals surface area contributed by atoms with Crippen LogP contribution < -0.4 is 10.1 Å². The minimum Gasteiger partial charge on any atom is -0.484 e. The molecule has 0 saturated heterocycles. The van der Waals surface area contributed by atoms with Crippen molar-refractivity contribution in [2.75, 3.05) is 12.4 Å². The Kier molecular flexibility index (Phi) is 3.66. The van der Waals surface area contributed by atoms with Crippen LogP contribution in [0.2, 0.25) is 0 Å². The molecule has 0 fully saturated rings. The second-order valence-electron chi connectivity index (χ2n) is 3.51. The Balaban J connectivity index is 2.02. The van der Waals surface area contributed by atoms with Crippen LogP contribution in [-0.2, 0) is 6.61 Å². The van der Waals surface area contributed by atoms with E-state index in [4.69, 9.17) is 4.74 Å². The van der Waals surface area contributed by atoms with E-state index in [9.17, 15) is 8.78 Å². The Morgan fingerprint density at radius 3 is 2.67 bits per heavy atom. The van der Waals surface area contributed by atoms with Crippen molar-refractivity contribution < 1.29 is 13.5 Å². The monoisotopic (exact) mass is 251 g/mol. The Hall–Kier alpha value is -2.24. The standard InChI is InChI=1S/C12H11F2N3O/c1-15-12-6-16-9(5-17-12)7-18-11-3-2-8(13)4-10(11)14/h2-6H,7H2,1H3,(H,15,17). The molecule has 94 valence electrons. The Morgan fingerprint density at radius 1 is 1.22 bits per heavy atom. The first-order valence-corrected chi connectivity index (χ1v) is 5.25. The number of aromatic nitrogens is 2. The summed E-state index contributed by atoms with van der Waals surface area (Å²) in [6.07, 6.45) is 3.06. The number of halogens is 2. The molecule has 0 atom stereocenters. The highest BCUT2D eigenvalue weighted by Gasteiger charge is 2.05. The van der Waals surface area contributed by atoms with E-state index in [-0.39, 0.29) is 12.4 Å². The minimum absolute atomic E-state index is 0.0177. The molecule has 0 aliphatic carbocycles. The molecule has 6 heteroatoms. The third-order valence-corrected chi connectivity index (χ3v) is 2.23. The van der Waals surface area contributed by atoms with Gasteiger partial charge in [0.05, 0.1) is 18.1 Å². The summed E-state index contributed by atoms with van der Waals surface area (Å²) in [5, 5.41) is 2.83. The van der Waals surface area contributed by atoms with Gasteiger partial charge in [-0.1, -0.05) is 0 Å². The summed E-state index contributed by atoms with van der Waals surface area (Å²) in [4.78, 5) is 8.10. The third-order valence-electron chi connectivity index (χ3n) is 2.23. The number of hydrogen-bond acceptors (Lipinski definition) is 4. The van der Waals surface area contributed by atoms with E-state index < -0.39 is 11.6 Å². The van der Waals surface area contributed by atoms with Crippen molar-refractivity contribution in [3.63, 3.8) is 0 Å². The van der Waals surface area contributed by atoms with Gasteiger partial charge in [-0.05, 0) is 12.1 Å². The molecular weight excluding hydrogens is 240 g/mol. The van der Waals surface area contributed by atoms with E-state index in [0.29, 0.717) is 11.5 Å². The number of anilines is 1. The first-order chi connectivity index (χ1) is 8.69. The molecule has 18 heavy (non-hydrogen) atoms.